The van der Waals surface area contributed by atoms with E-state index in [2.05, 4.69) is 22.9 Å². The van der Waals surface area contributed by atoms with Crippen molar-refractivity contribution in [2.45, 2.75) is 10.1 Å². The molecule has 0 aliphatic carbocycles. The van der Waals surface area contributed by atoms with Crippen molar-refractivity contribution in [1.29, 1.82) is 0 Å². The Labute approximate surface area is 176 Å². The Kier molecular flexibility index (Phi) is 6.47. The summed E-state index contributed by atoms with van der Waals surface area (Å²) in [5, 5.41) is 0.747. The summed E-state index contributed by atoms with van der Waals surface area (Å²) in [6, 6.07) is 9.00. The van der Waals surface area contributed by atoms with Gasteiger partial charge in [0.15, 0.2) is 9.84 Å². The maximum atomic E-state index is 14.5. The van der Waals surface area contributed by atoms with Crippen LogP contribution >= 0.6 is 12.6 Å². The zero-order chi connectivity index (χ0) is 21.9. The summed E-state index contributed by atoms with van der Waals surface area (Å²) >= 11 is 3.87. The van der Waals surface area contributed by atoms with Crippen LogP contribution in [0.3, 0.4) is 0 Å². The summed E-state index contributed by atoms with van der Waals surface area (Å²) in [4.78, 5) is 15.5. The Morgan fingerprint density at radius 3 is 2.27 bits per heavy atom. The third kappa shape index (κ3) is 4.49. The number of aromatic nitrogens is 1. The van der Waals surface area contributed by atoms with Crippen LogP contribution in [0.1, 0.15) is 26.9 Å². The van der Waals surface area contributed by atoms with Crippen molar-refractivity contribution in [3.63, 3.8) is 0 Å². The van der Waals surface area contributed by atoms with Crippen LogP contribution in [0.15, 0.2) is 65.7 Å². The minimum Gasteiger partial charge on any atom is -0.342 e. The highest BCUT2D eigenvalue weighted by molar-refractivity contribution is 7.92. The van der Waals surface area contributed by atoms with Crippen LogP contribution in [0.25, 0.3) is 0 Å². The Bertz CT molecular complexity index is 1170. The van der Waals surface area contributed by atoms with E-state index < -0.39 is 44.0 Å². The van der Waals surface area contributed by atoms with E-state index >= 15 is 0 Å². The van der Waals surface area contributed by atoms with Gasteiger partial charge in [0.2, 0.25) is 0 Å². The molecule has 0 spiro atoms. The summed E-state index contributed by atoms with van der Waals surface area (Å²) in [7, 11) is -4.33. The topological polar surface area (TPSA) is 76.1 Å². The van der Waals surface area contributed by atoms with Crippen LogP contribution in [0.2, 0.25) is 0 Å². The molecular weight excluding hydrogens is 437 g/mol. The lowest BCUT2D eigenvalue weighted by molar-refractivity contribution is 0.0956. The Balaban J connectivity index is 2.17. The van der Waals surface area contributed by atoms with Crippen molar-refractivity contribution in [3.8, 4) is 0 Å². The number of pyridine rings is 1. The highest BCUT2D eigenvalue weighted by Gasteiger charge is 2.33. The van der Waals surface area contributed by atoms with Gasteiger partial charge in [0.05, 0.1) is 10.8 Å². The number of rotatable bonds is 6. The molecule has 1 heterocycles. The van der Waals surface area contributed by atoms with Gasteiger partial charge in [0.25, 0.3) is 5.91 Å². The minimum absolute atomic E-state index is 0.00579. The van der Waals surface area contributed by atoms with Gasteiger partial charge in [-0.05, 0) is 54.1 Å². The summed E-state index contributed by atoms with van der Waals surface area (Å²) in [6.07, 6.45) is 1.10. The average molecular weight is 452 g/mol. The van der Waals surface area contributed by atoms with E-state index in [4.69, 9.17) is 0 Å². The van der Waals surface area contributed by atoms with Crippen LogP contribution in [-0.4, -0.2) is 25.2 Å². The number of carbonyl (C=O) groups is 1. The fourth-order valence-corrected chi connectivity index (χ4v) is 4.80. The van der Waals surface area contributed by atoms with Crippen LogP contribution in [0, 0.1) is 17.5 Å². The van der Waals surface area contributed by atoms with E-state index in [1.807, 2.05) is 0 Å². The molecule has 10 heteroatoms. The highest BCUT2D eigenvalue weighted by Crippen LogP contribution is 2.36. The SMILES string of the molecule is O=C(NCS)c1ccc(C(c2cc(F)ccc2F)S(=O)(=O)c2ccc(F)cc2)cn1. The Hall–Kier alpha value is -2.85. The molecule has 30 heavy (non-hydrogen) atoms. The molecule has 156 valence electrons. The second-order valence-corrected chi connectivity index (χ2v) is 8.53. The van der Waals surface area contributed by atoms with Crippen LogP contribution in [-0.2, 0) is 9.84 Å². The number of hydrogen-bond donors (Lipinski definition) is 2. The second kappa shape index (κ2) is 8.88. The largest absolute Gasteiger partial charge is 0.342 e. The van der Waals surface area contributed by atoms with E-state index in [-0.39, 0.29) is 22.0 Å². The van der Waals surface area contributed by atoms with Crippen LogP contribution in [0.4, 0.5) is 13.2 Å². The summed E-state index contributed by atoms with van der Waals surface area (Å²) in [5.41, 5.74) is -0.439. The van der Waals surface area contributed by atoms with Gasteiger partial charge >= 0.3 is 0 Å². The van der Waals surface area contributed by atoms with Gasteiger partial charge in [-0.2, -0.15) is 12.6 Å². The van der Waals surface area contributed by atoms with Gasteiger partial charge < -0.3 is 5.32 Å². The molecule has 3 rings (SSSR count). The van der Waals surface area contributed by atoms with Gasteiger partial charge in [-0.25, -0.2) is 21.6 Å². The van der Waals surface area contributed by atoms with Crippen molar-refractivity contribution in [2.75, 3.05) is 5.88 Å². The molecule has 0 bridgehead atoms. The van der Waals surface area contributed by atoms with E-state index in [0.717, 1.165) is 48.7 Å². The monoisotopic (exact) mass is 452 g/mol. The third-order valence-electron chi connectivity index (χ3n) is 4.25. The molecule has 0 saturated heterocycles. The number of nitrogens with zero attached hydrogens (tertiary/aromatic N) is 1. The molecule has 5 nitrogen and oxygen atoms in total. The molecule has 1 unspecified atom stereocenters. The van der Waals surface area contributed by atoms with E-state index in [1.54, 1.807) is 0 Å². The van der Waals surface area contributed by atoms with Crippen LogP contribution < -0.4 is 5.32 Å². The number of thiol groups is 1. The van der Waals surface area contributed by atoms with E-state index in [0.29, 0.717) is 0 Å². The fourth-order valence-electron chi connectivity index (χ4n) is 2.86. The first-order valence-corrected chi connectivity index (χ1v) is 10.7. The smallest absolute Gasteiger partial charge is 0.270 e. The standard InChI is InChI=1S/C20H15F3N2O3S2/c21-13-2-5-15(6-3-13)30(27,28)19(16-9-14(22)4-7-17(16)23)12-1-8-18(24-10-12)20(26)25-11-29/h1-10,19,29H,11H2,(H,25,26). The van der Waals surface area contributed by atoms with Gasteiger partial charge in [-0.1, -0.05) is 6.07 Å². The molecule has 2 aromatic carbocycles. The van der Waals surface area contributed by atoms with Crippen molar-refractivity contribution >= 4 is 28.4 Å². The number of benzene rings is 2. The minimum atomic E-state index is -4.33. The lowest BCUT2D eigenvalue weighted by Gasteiger charge is -2.19. The van der Waals surface area contributed by atoms with Crippen molar-refractivity contribution in [1.82, 2.24) is 10.3 Å². The zero-order valence-electron chi connectivity index (χ0n) is 15.2. The number of carbonyl (C=O) groups excluding carboxylic acids is 1. The van der Waals surface area contributed by atoms with Crippen molar-refractivity contribution in [3.05, 3.63) is 95.1 Å². The van der Waals surface area contributed by atoms with Gasteiger partial charge in [0, 0.05) is 11.8 Å². The van der Waals surface area contributed by atoms with E-state index in [9.17, 15) is 26.4 Å². The molecule has 0 saturated carbocycles. The first-order valence-electron chi connectivity index (χ1n) is 8.53. The zero-order valence-corrected chi connectivity index (χ0v) is 16.9. The molecular formula is C20H15F3N2O3S2. The lowest BCUT2D eigenvalue weighted by atomic mass is 10.0. The predicted molar refractivity (Wildman–Crippen MR) is 107 cm³/mol. The Morgan fingerprint density at radius 1 is 1.00 bits per heavy atom. The number of sulfone groups is 1. The summed E-state index contributed by atoms with van der Waals surface area (Å²) in [6.45, 7) is 0. The molecule has 0 radical (unpaired) electrons. The molecule has 1 amide bonds. The number of halogens is 3. The molecule has 1 aromatic heterocycles. The van der Waals surface area contributed by atoms with Crippen LogP contribution in [0.5, 0.6) is 0 Å². The second-order valence-electron chi connectivity index (χ2n) is 6.19. The maximum absolute atomic E-state index is 14.5. The first kappa shape index (κ1) is 21.8. The quantitative estimate of drug-likeness (QED) is 0.340. The third-order valence-corrected chi connectivity index (χ3v) is 6.49. The van der Waals surface area contributed by atoms with Gasteiger partial charge in [-0.3, -0.25) is 9.78 Å². The van der Waals surface area contributed by atoms with Crippen molar-refractivity contribution < 1.29 is 26.4 Å². The maximum Gasteiger partial charge on any atom is 0.270 e. The summed E-state index contributed by atoms with van der Waals surface area (Å²) < 4.78 is 68.2. The predicted octanol–water partition coefficient (Wildman–Crippen LogP) is 3.68. The van der Waals surface area contributed by atoms with Gasteiger partial charge in [0.1, 0.15) is 28.4 Å². The molecule has 1 atom stereocenters. The first-order chi connectivity index (χ1) is 14.2. The highest BCUT2D eigenvalue weighted by atomic mass is 32.2. The van der Waals surface area contributed by atoms with Crippen molar-refractivity contribution in [2.24, 2.45) is 0 Å². The molecule has 0 fully saturated rings. The Morgan fingerprint density at radius 2 is 1.67 bits per heavy atom. The number of nitrogens with one attached hydrogen (secondary N) is 1. The van der Waals surface area contributed by atoms with Gasteiger partial charge in [-0.15, -0.1) is 0 Å². The number of amides is 1. The summed E-state index contributed by atoms with van der Waals surface area (Å²) in [5.74, 6) is -2.89. The average Bonchev–Trinajstić information content (AvgIpc) is 2.71. The lowest BCUT2D eigenvalue weighted by Crippen LogP contribution is -2.23. The fraction of sp³-hybridized carbons (Fsp3) is 0.100. The normalized spacial score (nSPS) is 12.4. The van der Waals surface area contributed by atoms with E-state index in [1.165, 1.54) is 12.1 Å². The molecule has 1 N–H and O–H groups in total. The number of hydrogen-bond acceptors (Lipinski definition) is 5. The molecule has 0 aliphatic heterocycles. The molecule has 0 aliphatic rings. The molecule has 3 aromatic rings.